The van der Waals surface area contributed by atoms with Crippen molar-refractivity contribution in [1.82, 2.24) is 0 Å². The van der Waals surface area contributed by atoms with E-state index in [1.54, 1.807) is 18.2 Å². The van der Waals surface area contributed by atoms with Crippen molar-refractivity contribution in [2.45, 2.75) is 19.3 Å². The van der Waals surface area contributed by atoms with E-state index in [-0.39, 0.29) is 18.5 Å². The summed E-state index contributed by atoms with van der Waals surface area (Å²) in [6, 6.07) is 4.89. The topological polar surface area (TPSA) is 64.6 Å². The van der Waals surface area contributed by atoms with Gasteiger partial charge in [-0.1, -0.05) is 18.0 Å². The molecule has 0 heterocycles. The normalized spacial score (nSPS) is 14.3. The lowest BCUT2D eigenvalue weighted by molar-refractivity contribution is -0.154. The third-order valence-electron chi connectivity index (χ3n) is 3.22. The number of halogens is 1. The molecule has 6 heteroatoms. The molecule has 1 aliphatic rings. The van der Waals surface area contributed by atoms with Crippen LogP contribution in [0.1, 0.15) is 19.3 Å². The zero-order chi connectivity index (χ0) is 14.5. The number of esters is 1. The van der Waals surface area contributed by atoms with E-state index in [0.29, 0.717) is 16.5 Å². The third kappa shape index (κ3) is 3.63. The van der Waals surface area contributed by atoms with Gasteiger partial charge in [0.25, 0.3) is 5.91 Å². The minimum atomic E-state index is -0.418. The van der Waals surface area contributed by atoms with Crippen LogP contribution in [0.4, 0.5) is 5.69 Å². The fourth-order valence-corrected chi connectivity index (χ4v) is 2.03. The molecule has 0 saturated heterocycles. The number of rotatable bonds is 5. The van der Waals surface area contributed by atoms with Crippen molar-refractivity contribution in [3.63, 3.8) is 0 Å². The summed E-state index contributed by atoms with van der Waals surface area (Å²) >= 11 is 5.86. The quantitative estimate of drug-likeness (QED) is 0.849. The van der Waals surface area contributed by atoms with Crippen LogP contribution in [0.15, 0.2) is 18.2 Å². The van der Waals surface area contributed by atoms with Gasteiger partial charge in [-0.3, -0.25) is 9.59 Å². The second kappa shape index (κ2) is 6.61. The molecule has 1 aromatic rings. The molecule has 0 atom stereocenters. The molecule has 1 fully saturated rings. The first-order chi connectivity index (χ1) is 9.60. The molecule has 0 aromatic heterocycles. The average Bonchev–Trinajstić information content (AvgIpc) is 2.34. The summed E-state index contributed by atoms with van der Waals surface area (Å²) in [6.45, 7) is -0.301. The lowest BCUT2D eigenvalue weighted by Gasteiger charge is -2.22. The van der Waals surface area contributed by atoms with Crippen molar-refractivity contribution >= 4 is 29.2 Å². The Labute approximate surface area is 122 Å². The van der Waals surface area contributed by atoms with E-state index in [2.05, 4.69) is 5.32 Å². The number of ether oxygens (including phenoxy) is 2. The zero-order valence-electron chi connectivity index (χ0n) is 11.1. The molecule has 0 bridgehead atoms. The monoisotopic (exact) mass is 297 g/mol. The molecular formula is C14H16ClNO4. The number of carbonyl (C=O) groups excluding carboxylic acids is 2. The Balaban J connectivity index is 1.87. The maximum Gasteiger partial charge on any atom is 0.309 e. The summed E-state index contributed by atoms with van der Waals surface area (Å²) in [4.78, 5) is 23.2. The van der Waals surface area contributed by atoms with Crippen LogP contribution in [0.2, 0.25) is 5.02 Å². The van der Waals surface area contributed by atoms with Gasteiger partial charge in [0.05, 0.1) is 18.7 Å². The molecule has 5 nitrogen and oxygen atoms in total. The Morgan fingerprint density at radius 2 is 2.15 bits per heavy atom. The summed E-state index contributed by atoms with van der Waals surface area (Å²) in [5, 5.41) is 3.09. The van der Waals surface area contributed by atoms with Gasteiger partial charge in [-0.15, -0.1) is 0 Å². The van der Waals surface area contributed by atoms with Gasteiger partial charge >= 0.3 is 5.97 Å². The van der Waals surface area contributed by atoms with Gasteiger partial charge in [0.2, 0.25) is 0 Å². The molecule has 0 radical (unpaired) electrons. The molecule has 108 valence electrons. The van der Waals surface area contributed by atoms with Crippen molar-refractivity contribution < 1.29 is 19.1 Å². The van der Waals surface area contributed by atoms with Crippen molar-refractivity contribution in [1.29, 1.82) is 0 Å². The Bertz CT molecular complexity index is 514. The van der Waals surface area contributed by atoms with Crippen molar-refractivity contribution in [3.05, 3.63) is 23.2 Å². The van der Waals surface area contributed by atoms with Crippen LogP contribution in [0, 0.1) is 5.92 Å². The minimum Gasteiger partial charge on any atom is -0.495 e. The number of hydrogen-bond donors (Lipinski definition) is 1. The van der Waals surface area contributed by atoms with E-state index in [9.17, 15) is 9.59 Å². The van der Waals surface area contributed by atoms with Gasteiger partial charge in [-0.05, 0) is 31.0 Å². The van der Waals surface area contributed by atoms with Crippen LogP contribution in [-0.4, -0.2) is 25.6 Å². The van der Waals surface area contributed by atoms with E-state index in [1.165, 1.54) is 7.11 Å². The van der Waals surface area contributed by atoms with Crippen LogP contribution in [0.25, 0.3) is 0 Å². The summed E-state index contributed by atoms with van der Waals surface area (Å²) in [6.07, 6.45) is 2.75. The number of benzene rings is 1. The molecule has 0 unspecified atom stereocenters. The van der Waals surface area contributed by atoms with Crippen LogP contribution < -0.4 is 10.1 Å². The molecule has 0 spiro atoms. The highest BCUT2D eigenvalue weighted by molar-refractivity contribution is 6.31. The van der Waals surface area contributed by atoms with E-state index in [0.717, 1.165) is 19.3 Å². The summed E-state index contributed by atoms with van der Waals surface area (Å²) < 4.78 is 10.1. The van der Waals surface area contributed by atoms with E-state index in [1.807, 2.05) is 0 Å². The largest absolute Gasteiger partial charge is 0.495 e. The summed E-state index contributed by atoms with van der Waals surface area (Å²) in [5.74, 6) is -0.265. The standard InChI is InChI=1S/C14H16ClNO4/c1-19-12-6-5-10(15)7-11(12)16-13(17)8-20-14(18)9-3-2-4-9/h5-7,9H,2-4,8H2,1H3,(H,16,17). The van der Waals surface area contributed by atoms with E-state index < -0.39 is 5.91 Å². The van der Waals surface area contributed by atoms with Gasteiger partial charge in [-0.25, -0.2) is 0 Å². The van der Waals surface area contributed by atoms with E-state index >= 15 is 0 Å². The average molecular weight is 298 g/mol. The highest BCUT2D eigenvalue weighted by Gasteiger charge is 2.27. The minimum absolute atomic E-state index is 0.0384. The predicted molar refractivity (Wildman–Crippen MR) is 74.9 cm³/mol. The van der Waals surface area contributed by atoms with Crippen LogP contribution in [-0.2, 0) is 14.3 Å². The lowest BCUT2D eigenvalue weighted by atomic mass is 9.86. The summed E-state index contributed by atoms with van der Waals surface area (Å²) in [7, 11) is 1.50. The van der Waals surface area contributed by atoms with Crippen molar-refractivity contribution in [2.24, 2.45) is 5.92 Å². The number of nitrogens with one attached hydrogen (secondary N) is 1. The molecular weight excluding hydrogens is 282 g/mol. The molecule has 2 rings (SSSR count). The Kier molecular flexibility index (Phi) is 4.84. The number of hydrogen-bond acceptors (Lipinski definition) is 4. The lowest BCUT2D eigenvalue weighted by Crippen LogP contribution is -2.28. The molecule has 1 N–H and O–H groups in total. The maximum atomic E-state index is 11.7. The van der Waals surface area contributed by atoms with Crippen LogP contribution in [0.3, 0.4) is 0 Å². The maximum absolute atomic E-state index is 11.7. The summed E-state index contributed by atoms with van der Waals surface area (Å²) in [5.41, 5.74) is 0.449. The van der Waals surface area contributed by atoms with Gasteiger partial charge < -0.3 is 14.8 Å². The predicted octanol–water partition coefficient (Wildman–Crippen LogP) is 2.63. The first-order valence-electron chi connectivity index (χ1n) is 6.40. The van der Waals surface area contributed by atoms with Gasteiger partial charge in [0.15, 0.2) is 6.61 Å². The fraction of sp³-hybridized carbons (Fsp3) is 0.429. The Morgan fingerprint density at radius 1 is 1.40 bits per heavy atom. The first-order valence-corrected chi connectivity index (χ1v) is 6.78. The molecule has 1 aliphatic carbocycles. The zero-order valence-corrected chi connectivity index (χ0v) is 11.9. The Morgan fingerprint density at radius 3 is 2.75 bits per heavy atom. The third-order valence-corrected chi connectivity index (χ3v) is 3.45. The number of methoxy groups -OCH3 is 1. The first kappa shape index (κ1) is 14.7. The number of carbonyl (C=O) groups is 2. The molecule has 1 amide bonds. The Hall–Kier alpha value is -1.75. The number of anilines is 1. The van der Waals surface area contributed by atoms with Crippen molar-refractivity contribution in [2.75, 3.05) is 19.0 Å². The van der Waals surface area contributed by atoms with Gasteiger partial charge in [0, 0.05) is 5.02 Å². The second-order valence-corrected chi connectivity index (χ2v) is 5.06. The van der Waals surface area contributed by atoms with Crippen molar-refractivity contribution in [3.8, 4) is 5.75 Å². The highest BCUT2D eigenvalue weighted by atomic mass is 35.5. The highest BCUT2D eigenvalue weighted by Crippen LogP contribution is 2.28. The smallest absolute Gasteiger partial charge is 0.309 e. The second-order valence-electron chi connectivity index (χ2n) is 4.63. The molecule has 20 heavy (non-hydrogen) atoms. The SMILES string of the molecule is COc1ccc(Cl)cc1NC(=O)COC(=O)C1CCC1. The van der Waals surface area contributed by atoms with Crippen LogP contribution in [0.5, 0.6) is 5.75 Å². The number of amides is 1. The van der Waals surface area contributed by atoms with E-state index in [4.69, 9.17) is 21.1 Å². The molecule has 1 saturated carbocycles. The molecule has 1 aromatic carbocycles. The van der Waals surface area contributed by atoms with Crippen LogP contribution >= 0.6 is 11.6 Å². The fourth-order valence-electron chi connectivity index (χ4n) is 1.86. The van der Waals surface area contributed by atoms with Gasteiger partial charge in [0.1, 0.15) is 5.75 Å². The molecule has 0 aliphatic heterocycles. The van der Waals surface area contributed by atoms with Gasteiger partial charge in [-0.2, -0.15) is 0 Å².